The first kappa shape index (κ1) is 10.7. The number of anilines is 2. The SMILES string of the molecule is Nc1nccc(NCc2cccc(Cl)c2)n1. The van der Waals surface area contributed by atoms with E-state index in [4.69, 9.17) is 17.3 Å². The number of nitrogens with zero attached hydrogens (tertiary/aromatic N) is 2. The van der Waals surface area contributed by atoms with Gasteiger partial charge in [0.15, 0.2) is 0 Å². The molecule has 0 spiro atoms. The molecule has 0 atom stereocenters. The highest BCUT2D eigenvalue weighted by Gasteiger charge is 1.97. The Kier molecular flexibility index (Phi) is 3.22. The van der Waals surface area contributed by atoms with Crippen molar-refractivity contribution in [1.82, 2.24) is 9.97 Å². The summed E-state index contributed by atoms with van der Waals surface area (Å²) in [6, 6.07) is 9.41. The van der Waals surface area contributed by atoms with Crippen molar-refractivity contribution in [1.29, 1.82) is 0 Å². The van der Waals surface area contributed by atoms with Crippen LogP contribution in [0.1, 0.15) is 5.56 Å². The molecule has 16 heavy (non-hydrogen) atoms. The standard InChI is InChI=1S/C11H11ClN4/c12-9-3-1-2-8(6-9)7-15-10-4-5-14-11(13)16-10/h1-6H,7H2,(H3,13,14,15,16). The number of benzene rings is 1. The first-order valence-corrected chi connectivity index (χ1v) is 5.19. The summed E-state index contributed by atoms with van der Waals surface area (Å²) in [5.74, 6) is 0.962. The van der Waals surface area contributed by atoms with E-state index in [0.29, 0.717) is 12.4 Å². The summed E-state index contributed by atoms with van der Waals surface area (Å²) in [7, 11) is 0. The normalized spacial score (nSPS) is 10.1. The zero-order chi connectivity index (χ0) is 11.4. The van der Waals surface area contributed by atoms with Crippen molar-refractivity contribution < 1.29 is 0 Å². The molecule has 3 N–H and O–H groups in total. The van der Waals surface area contributed by atoms with E-state index in [2.05, 4.69) is 15.3 Å². The Morgan fingerprint density at radius 1 is 1.31 bits per heavy atom. The molecule has 0 fully saturated rings. The summed E-state index contributed by atoms with van der Waals surface area (Å²) in [6.45, 7) is 0.650. The van der Waals surface area contributed by atoms with E-state index in [1.165, 1.54) is 0 Å². The molecule has 2 rings (SSSR count). The first-order valence-electron chi connectivity index (χ1n) is 4.81. The molecule has 1 heterocycles. The number of nitrogens with one attached hydrogen (secondary N) is 1. The first-order chi connectivity index (χ1) is 7.74. The van der Waals surface area contributed by atoms with Crippen LogP contribution in [0, 0.1) is 0 Å². The van der Waals surface area contributed by atoms with Gasteiger partial charge in [-0.05, 0) is 23.8 Å². The van der Waals surface area contributed by atoms with Crippen molar-refractivity contribution in [3.05, 3.63) is 47.1 Å². The van der Waals surface area contributed by atoms with Crippen LogP contribution in [0.15, 0.2) is 36.5 Å². The molecule has 0 bridgehead atoms. The van der Waals surface area contributed by atoms with Gasteiger partial charge < -0.3 is 11.1 Å². The fourth-order valence-electron chi connectivity index (χ4n) is 1.31. The number of halogens is 1. The molecule has 0 amide bonds. The Balaban J connectivity index is 2.02. The molecular formula is C11H11ClN4. The molecule has 2 aromatic rings. The molecule has 5 heteroatoms. The lowest BCUT2D eigenvalue weighted by Gasteiger charge is -2.05. The third-order valence-corrected chi connectivity index (χ3v) is 2.27. The number of aromatic nitrogens is 2. The van der Waals surface area contributed by atoms with Crippen molar-refractivity contribution >= 4 is 23.4 Å². The number of rotatable bonds is 3. The molecule has 1 aromatic heterocycles. The lowest BCUT2D eigenvalue weighted by atomic mass is 10.2. The van der Waals surface area contributed by atoms with E-state index in [1.54, 1.807) is 12.3 Å². The van der Waals surface area contributed by atoms with E-state index in [0.717, 1.165) is 10.6 Å². The summed E-state index contributed by atoms with van der Waals surface area (Å²) in [5, 5.41) is 3.86. The van der Waals surface area contributed by atoms with Crippen LogP contribution in [0.3, 0.4) is 0 Å². The Hall–Kier alpha value is -1.81. The minimum atomic E-state index is 0.260. The molecule has 4 nitrogen and oxygen atoms in total. The van der Waals surface area contributed by atoms with Gasteiger partial charge in [0, 0.05) is 17.8 Å². The van der Waals surface area contributed by atoms with Gasteiger partial charge in [0.1, 0.15) is 5.82 Å². The molecule has 0 radical (unpaired) electrons. The summed E-state index contributed by atoms with van der Waals surface area (Å²) in [6.07, 6.45) is 1.61. The van der Waals surface area contributed by atoms with E-state index < -0.39 is 0 Å². The number of hydrogen-bond donors (Lipinski definition) is 2. The smallest absolute Gasteiger partial charge is 0.221 e. The van der Waals surface area contributed by atoms with E-state index >= 15 is 0 Å². The third kappa shape index (κ3) is 2.84. The van der Waals surface area contributed by atoms with Gasteiger partial charge in [-0.2, -0.15) is 4.98 Å². The predicted molar refractivity (Wildman–Crippen MR) is 65.2 cm³/mol. The van der Waals surface area contributed by atoms with Crippen LogP contribution in [0.5, 0.6) is 0 Å². The summed E-state index contributed by atoms with van der Waals surface area (Å²) >= 11 is 5.88. The largest absolute Gasteiger partial charge is 0.368 e. The van der Waals surface area contributed by atoms with Crippen molar-refractivity contribution in [2.45, 2.75) is 6.54 Å². The second-order valence-electron chi connectivity index (χ2n) is 3.28. The van der Waals surface area contributed by atoms with Gasteiger partial charge in [-0.1, -0.05) is 23.7 Å². The predicted octanol–water partition coefficient (Wildman–Crippen LogP) is 2.32. The molecule has 0 aliphatic heterocycles. The van der Waals surface area contributed by atoms with Crippen LogP contribution >= 0.6 is 11.6 Å². The van der Waals surface area contributed by atoms with Crippen LogP contribution in [-0.2, 0) is 6.54 Å². The number of nitrogens with two attached hydrogens (primary N) is 1. The monoisotopic (exact) mass is 234 g/mol. The average molecular weight is 235 g/mol. The molecule has 0 aliphatic rings. The van der Waals surface area contributed by atoms with E-state index in [1.807, 2.05) is 24.3 Å². The Morgan fingerprint density at radius 2 is 2.19 bits per heavy atom. The molecular weight excluding hydrogens is 224 g/mol. The van der Waals surface area contributed by atoms with Crippen LogP contribution in [0.2, 0.25) is 5.02 Å². The lowest BCUT2D eigenvalue weighted by molar-refractivity contribution is 1.09. The number of hydrogen-bond acceptors (Lipinski definition) is 4. The van der Waals surface area contributed by atoms with Crippen LogP contribution in [0.25, 0.3) is 0 Å². The topological polar surface area (TPSA) is 63.8 Å². The molecule has 0 aliphatic carbocycles. The quantitative estimate of drug-likeness (QED) is 0.856. The van der Waals surface area contributed by atoms with E-state index in [-0.39, 0.29) is 5.95 Å². The Bertz CT molecular complexity index is 441. The summed E-state index contributed by atoms with van der Waals surface area (Å²) < 4.78 is 0. The van der Waals surface area contributed by atoms with Gasteiger partial charge in [-0.3, -0.25) is 0 Å². The van der Waals surface area contributed by atoms with Crippen molar-refractivity contribution in [2.24, 2.45) is 0 Å². The summed E-state index contributed by atoms with van der Waals surface area (Å²) in [4.78, 5) is 7.85. The minimum absolute atomic E-state index is 0.260. The van der Waals surface area contributed by atoms with Gasteiger partial charge >= 0.3 is 0 Å². The third-order valence-electron chi connectivity index (χ3n) is 2.04. The highest BCUT2D eigenvalue weighted by Crippen LogP contribution is 2.12. The second kappa shape index (κ2) is 4.81. The molecule has 82 valence electrons. The van der Waals surface area contributed by atoms with E-state index in [9.17, 15) is 0 Å². The minimum Gasteiger partial charge on any atom is -0.368 e. The second-order valence-corrected chi connectivity index (χ2v) is 3.72. The van der Waals surface area contributed by atoms with Gasteiger partial charge in [0.05, 0.1) is 0 Å². The zero-order valence-electron chi connectivity index (χ0n) is 8.52. The molecule has 0 unspecified atom stereocenters. The zero-order valence-corrected chi connectivity index (χ0v) is 9.28. The molecule has 1 aromatic carbocycles. The highest BCUT2D eigenvalue weighted by atomic mass is 35.5. The Labute approximate surface area is 98.5 Å². The maximum Gasteiger partial charge on any atom is 0.221 e. The van der Waals surface area contributed by atoms with Crippen LogP contribution < -0.4 is 11.1 Å². The highest BCUT2D eigenvalue weighted by molar-refractivity contribution is 6.30. The summed E-state index contributed by atoms with van der Waals surface area (Å²) in [5.41, 5.74) is 6.56. The average Bonchev–Trinajstić information content (AvgIpc) is 2.27. The fourth-order valence-corrected chi connectivity index (χ4v) is 1.52. The van der Waals surface area contributed by atoms with Crippen molar-refractivity contribution in [2.75, 3.05) is 11.1 Å². The van der Waals surface area contributed by atoms with Gasteiger partial charge in [0.2, 0.25) is 5.95 Å². The molecule has 0 saturated heterocycles. The van der Waals surface area contributed by atoms with Crippen molar-refractivity contribution in [3.63, 3.8) is 0 Å². The lowest BCUT2D eigenvalue weighted by Crippen LogP contribution is -2.03. The fraction of sp³-hybridized carbons (Fsp3) is 0.0909. The van der Waals surface area contributed by atoms with Gasteiger partial charge in [0.25, 0.3) is 0 Å². The van der Waals surface area contributed by atoms with Gasteiger partial charge in [-0.25, -0.2) is 4.98 Å². The maximum atomic E-state index is 5.88. The maximum absolute atomic E-state index is 5.88. The Morgan fingerprint density at radius 3 is 2.94 bits per heavy atom. The van der Waals surface area contributed by atoms with Crippen LogP contribution in [-0.4, -0.2) is 9.97 Å². The number of nitrogen functional groups attached to an aromatic ring is 1. The van der Waals surface area contributed by atoms with Crippen LogP contribution in [0.4, 0.5) is 11.8 Å². The van der Waals surface area contributed by atoms with Gasteiger partial charge in [-0.15, -0.1) is 0 Å². The molecule has 0 saturated carbocycles. The van der Waals surface area contributed by atoms with Crippen molar-refractivity contribution in [3.8, 4) is 0 Å².